The first-order valence-electron chi connectivity index (χ1n) is 4.77. The van der Waals surface area contributed by atoms with Gasteiger partial charge in [-0.05, 0) is 36.4 Å². The molecule has 2 N–H and O–H groups in total. The van der Waals surface area contributed by atoms with Gasteiger partial charge >= 0.3 is 0 Å². The molecule has 2 rings (SSSR count). The smallest absolute Gasteiger partial charge is 0.274 e. The fraction of sp³-hybridized carbons (Fsp3) is 0. The summed E-state index contributed by atoms with van der Waals surface area (Å²) >= 11 is 0. The van der Waals surface area contributed by atoms with E-state index in [2.05, 4.69) is 10.3 Å². The molecule has 16 heavy (non-hydrogen) atoms. The Morgan fingerprint density at radius 2 is 1.88 bits per heavy atom. The van der Waals surface area contributed by atoms with E-state index in [0.717, 1.165) is 0 Å². The number of benzene rings is 1. The van der Waals surface area contributed by atoms with Crippen LogP contribution < -0.4 is 5.32 Å². The molecule has 2 aromatic rings. The molecule has 0 fully saturated rings. The van der Waals surface area contributed by atoms with E-state index in [0.29, 0.717) is 11.4 Å². The van der Waals surface area contributed by atoms with Crippen molar-refractivity contribution in [1.82, 2.24) is 4.98 Å². The molecule has 80 valence electrons. The number of aromatic nitrogens is 1. The van der Waals surface area contributed by atoms with Crippen LogP contribution in [0.4, 0.5) is 5.69 Å². The summed E-state index contributed by atoms with van der Waals surface area (Å²) < 4.78 is 0. The zero-order valence-corrected chi connectivity index (χ0v) is 8.42. The van der Waals surface area contributed by atoms with Crippen molar-refractivity contribution < 1.29 is 9.90 Å². The first-order chi connectivity index (χ1) is 7.75. The molecule has 0 aliphatic heterocycles. The van der Waals surface area contributed by atoms with Gasteiger partial charge in [0.25, 0.3) is 5.91 Å². The SMILES string of the molecule is O=C(Nc1ccc(O)cc1)c1ccccn1. The van der Waals surface area contributed by atoms with Crippen molar-refractivity contribution in [1.29, 1.82) is 0 Å². The van der Waals surface area contributed by atoms with E-state index in [1.165, 1.54) is 12.1 Å². The number of phenolic OH excluding ortho intramolecular Hbond substituents is 1. The van der Waals surface area contributed by atoms with Gasteiger partial charge in [0.15, 0.2) is 0 Å². The van der Waals surface area contributed by atoms with Crippen molar-refractivity contribution in [2.75, 3.05) is 5.32 Å². The number of nitrogens with one attached hydrogen (secondary N) is 1. The van der Waals surface area contributed by atoms with E-state index < -0.39 is 0 Å². The zero-order chi connectivity index (χ0) is 11.4. The minimum absolute atomic E-state index is 0.163. The molecule has 0 bridgehead atoms. The van der Waals surface area contributed by atoms with Crippen molar-refractivity contribution in [2.24, 2.45) is 0 Å². The van der Waals surface area contributed by atoms with Gasteiger partial charge in [0.1, 0.15) is 11.4 Å². The Kier molecular flexibility index (Phi) is 2.82. The Labute approximate surface area is 92.6 Å². The second-order valence-corrected chi connectivity index (χ2v) is 3.22. The molecule has 1 heterocycles. The van der Waals surface area contributed by atoms with Gasteiger partial charge in [-0.1, -0.05) is 6.07 Å². The Balaban J connectivity index is 2.11. The third kappa shape index (κ3) is 2.36. The number of hydrogen-bond acceptors (Lipinski definition) is 3. The molecule has 0 atom stereocenters. The van der Waals surface area contributed by atoms with Gasteiger partial charge in [0.05, 0.1) is 0 Å². The van der Waals surface area contributed by atoms with E-state index >= 15 is 0 Å². The van der Waals surface area contributed by atoms with E-state index in [1.54, 1.807) is 36.5 Å². The Hall–Kier alpha value is -2.36. The van der Waals surface area contributed by atoms with Crippen molar-refractivity contribution in [3.63, 3.8) is 0 Å². The van der Waals surface area contributed by atoms with Gasteiger partial charge in [-0.15, -0.1) is 0 Å². The summed E-state index contributed by atoms with van der Waals surface area (Å²) in [4.78, 5) is 15.6. The van der Waals surface area contributed by atoms with Crippen LogP contribution in [0.5, 0.6) is 5.75 Å². The first-order valence-corrected chi connectivity index (χ1v) is 4.77. The normalized spacial score (nSPS) is 9.75. The van der Waals surface area contributed by atoms with Gasteiger partial charge in [0.2, 0.25) is 0 Å². The summed E-state index contributed by atoms with van der Waals surface area (Å²) in [6.45, 7) is 0. The topological polar surface area (TPSA) is 62.2 Å². The molecule has 0 saturated carbocycles. The molecule has 1 aromatic heterocycles. The van der Waals surface area contributed by atoms with Crippen LogP contribution in [-0.4, -0.2) is 16.0 Å². The van der Waals surface area contributed by atoms with Crippen LogP contribution in [0.15, 0.2) is 48.7 Å². The van der Waals surface area contributed by atoms with Gasteiger partial charge in [-0.25, -0.2) is 0 Å². The van der Waals surface area contributed by atoms with Gasteiger partial charge < -0.3 is 10.4 Å². The molecule has 4 heteroatoms. The van der Waals surface area contributed by atoms with Crippen molar-refractivity contribution >= 4 is 11.6 Å². The van der Waals surface area contributed by atoms with Crippen molar-refractivity contribution in [3.8, 4) is 5.75 Å². The molecule has 0 saturated heterocycles. The summed E-state index contributed by atoms with van der Waals surface area (Å²) in [6, 6.07) is 11.4. The minimum atomic E-state index is -0.272. The van der Waals surface area contributed by atoms with E-state index in [-0.39, 0.29) is 11.7 Å². The summed E-state index contributed by atoms with van der Waals surface area (Å²) in [5, 5.41) is 11.8. The molecule has 4 nitrogen and oxygen atoms in total. The fourth-order valence-corrected chi connectivity index (χ4v) is 1.24. The average molecular weight is 214 g/mol. The Morgan fingerprint density at radius 3 is 2.50 bits per heavy atom. The summed E-state index contributed by atoms with van der Waals surface area (Å²) in [5.74, 6) is -0.109. The van der Waals surface area contributed by atoms with Gasteiger partial charge in [0, 0.05) is 11.9 Å². The van der Waals surface area contributed by atoms with Crippen LogP contribution in [0.1, 0.15) is 10.5 Å². The number of aromatic hydroxyl groups is 1. The molecular weight excluding hydrogens is 204 g/mol. The number of carbonyl (C=O) groups is 1. The highest BCUT2D eigenvalue weighted by atomic mass is 16.3. The van der Waals surface area contributed by atoms with Crippen molar-refractivity contribution in [2.45, 2.75) is 0 Å². The van der Waals surface area contributed by atoms with Crippen LogP contribution in [-0.2, 0) is 0 Å². The van der Waals surface area contributed by atoms with E-state index in [9.17, 15) is 4.79 Å². The molecule has 1 aromatic carbocycles. The molecular formula is C12H10N2O2. The van der Waals surface area contributed by atoms with Crippen LogP contribution in [0.25, 0.3) is 0 Å². The number of carbonyl (C=O) groups excluding carboxylic acids is 1. The lowest BCUT2D eigenvalue weighted by atomic mass is 10.3. The number of rotatable bonds is 2. The monoisotopic (exact) mass is 214 g/mol. The third-order valence-electron chi connectivity index (χ3n) is 2.02. The lowest BCUT2D eigenvalue weighted by Crippen LogP contribution is -2.13. The predicted octanol–water partition coefficient (Wildman–Crippen LogP) is 2.04. The lowest BCUT2D eigenvalue weighted by Gasteiger charge is -2.04. The van der Waals surface area contributed by atoms with E-state index in [1.807, 2.05) is 0 Å². The number of hydrogen-bond donors (Lipinski definition) is 2. The highest BCUT2D eigenvalue weighted by molar-refractivity contribution is 6.02. The average Bonchev–Trinajstić information content (AvgIpc) is 2.33. The molecule has 0 spiro atoms. The molecule has 0 aliphatic rings. The maximum absolute atomic E-state index is 11.7. The van der Waals surface area contributed by atoms with Crippen LogP contribution in [0.3, 0.4) is 0 Å². The molecule has 1 amide bonds. The van der Waals surface area contributed by atoms with Crippen LogP contribution >= 0.6 is 0 Å². The molecule has 0 unspecified atom stereocenters. The Bertz CT molecular complexity index is 480. The van der Waals surface area contributed by atoms with Crippen LogP contribution in [0, 0.1) is 0 Å². The summed E-state index contributed by atoms with van der Waals surface area (Å²) in [5.41, 5.74) is 0.976. The standard InChI is InChI=1S/C12H10N2O2/c15-10-6-4-9(5-7-10)14-12(16)11-3-1-2-8-13-11/h1-8,15H,(H,14,16). The second-order valence-electron chi connectivity index (χ2n) is 3.22. The molecule has 0 aliphatic carbocycles. The summed E-state index contributed by atoms with van der Waals surface area (Å²) in [7, 11) is 0. The Morgan fingerprint density at radius 1 is 1.12 bits per heavy atom. The zero-order valence-electron chi connectivity index (χ0n) is 8.42. The molecule has 0 radical (unpaired) electrons. The largest absolute Gasteiger partial charge is 0.508 e. The maximum Gasteiger partial charge on any atom is 0.274 e. The first kappa shape index (κ1) is 10.2. The quantitative estimate of drug-likeness (QED) is 0.752. The minimum Gasteiger partial charge on any atom is -0.508 e. The highest BCUT2D eigenvalue weighted by Crippen LogP contribution is 2.14. The van der Waals surface area contributed by atoms with Gasteiger partial charge in [-0.3, -0.25) is 9.78 Å². The number of phenols is 1. The number of nitrogens with zero attached hydrogens (tertiary/aromatic N) is 1. The second kappa shape index (κ2) is 4.44. The highest BCUT2D eigenvalue weighted by Gasteiger charge is 2.05. The van der Waals surface area contributed by atoms with Crippen molar-refractivity contribution in [3.05, 3.63) is 54.4 Å². The van der Waals surface area contributed by atoms with Gasteiger partial charge in [-0.2, -0.15) is 0 Å². The lowest BCUT2D eigenvalue weighted by molar-refractivity contribution is 0.102. The fourth-order valence-electron chi connectivity index (χ4n) is 1.24. The van der Waals surface area contributed by atoms with E-state index in [4.69, 9.17) is 5.11 Å². The predicted molar refractivity (Wildman–Crippen MR) is 60.3 cm³/mol. The summed E-state index contributed by atoms with van der Waals surface area (Å²) in [6.07, 6.45) is 1.56. The number of pyridine rings is 1. The van der Waals surface area contributed by atoms with Crippen LogP contribution in [0.2, 0.25) is 0 Å². The number of anilines is 1. The maximum atomic E-state index is 11.7. The third-order valence-corrected chi connectivity index (χ3v) is 2.02. The number of amides is 1.